The molecule has 0 aromatic heterocycles. The molecule has 0 aliphatic heterocycles. The zero-order chi connectivity index (χ0) is 11.8. The van der Waals surface area contributed by atoms with Crippen LogP contribution in [0.4, 0.5) is 0 Å². The van der Waals surface area contributed by atoms with Crippen molar-refractivity contribution < 1.29 is 4.74 Å². The number of rotatable bonds is 5. The number of ether oxygens (including phenoxy) is 1. The Morgan fingerprint density at radius 3 is 2.56 bits per heavy atom. The lowest BCUT2D eigenvalue weighted by atomic mass is 9.69. The smallest absolute Gasteiger partial charge is 0.0590 e. The van der Waals surface area contributed by atoms with Crippen molar-refractivity contribution in [1.82, 2.24) is 5.32 Å². The van der Waals surface area contributed by atoms with Crippen LogP contribution in [0.3, 0.4) is 0 Å². The van der Waals surface area contributed by atoms with Gasteiger partial charge in [0.05, 0.1) is 6.61 Å². The van der Waals surface area contributed by atoms with Gasteiger partial charge in [0.2, 0.25) is 0 Å². The number of fused-ring (bicyclic) bond motifs is 2. The van der Waals surface area contributed by atoms with Crippen LogP contribution in [0.15, 0.2) is 0 Å². The third kappa shape index (κ3) is 1.70. The lowest BCUT2D eigenvalue weighted by Crippen LogP contribution is -2.45. The van der Waals surface area contributed by atoms with Gasteiger partial charge < -0.3 is 10.1 Å². The topological polar surface area (TPSA) is 21.3 Å². The zero-order valence-electron chi connectivity index (χ0n) is 11.3. The molecule has 2 saturated carbocycles. The molecular formula is C14H27NO. The van der Waals surface area contributed by atoms with E-state index in [-0.39, 0.29) is 0 Å². The largest absolute Gasteiger partial charge is 0.380 e. The number of nitrogens with one attached hydrogen (secondary N) is 1. The van der Waals surface area contributed by atoms with E-state index in [2.05, 4.69) is 33.0 Å². The van der Waals surface area contributed by atoms with E-state index in [1.165, 1.54) is 19.3 Å². The van der Waals surface area contributed by atoms with Gasteiger partial charge in [-0.1, -0.05) is 20.8 Å². The third-order valence-electron chi connectivity index (χ3n) is 5.64. The fourth-order valence-corrected chi connectivity index (χ4v) is 3.96. The second-order valence-corrected chi connectivity index (χ2v) is 6.31. The van der Waals surface area contributed by atoms with Crippen molar-refractivity contribution in [3.05, 3.63) is 0 Å². The van der Waals surface area contributed by atoms with Crippen LogP contribution < -0.4 is 5.32 Å². The van der Waals surface area contributed by atoms with Gasteiger partial charge in [-0.3, -0.25) is 0 Å². The normalized spacial score (nSPS) is 40.5. The van der Waals surface area contributed by atoms with Crippen molar-refractivity contribution in [1.29, 1.82) is 0 Å². The highest BCUT2D eigenvalue weighted by molar-refractivity contribution is 5.12. The first-order valence-electron chi connectivity index (χ1n) is 6.83. The van der Waals surface area contributed by atoms with Crippen LogP contribution in [-0.4, -0.2) is 25.8 Å². The molecule has 2 nitrogen and oxygen atoms in total. The first-order valence-corrected chi connectivity index (χ1v) is 6.83. The first kappa shape index (κ1) is 12.4. The van der Waals surface area contributed by atoms with E-state index in [1.54, 1.807) is 0 Å². The molecule has 94 valence electrons. The monoisotopic (exact) mass is 225 g/mol. The average Bonchev–Trinajstić information content (AvgIpc) is 2.57. The zero-order valence-corrected chi connectivity index (χ0v) is 11.3. The average molecular weight is 225 g/mol. The van der Waals surface area contributed by atoms with Crippen molar-refractivity contribution in [2.75, 3.05) is 19.8 Å². The third-order valence-corrected chi connectivity index (χ3v) is 5.64. The van der Waals surface area contributed by atoms with Crippen molar-refractivity contribution in [2.45, 2.75) is 53.0 Å². The van der Waals surface area contributed by atoms with Crippen LogP contribution in [0, 0.1) is 16.7 Å². The Morgan fingerprint density at radius 1 is 1.31 bits per heavy atom. The van der Waals surface area contributed by atoms with Crippen LogP contribution in [0.2, 0.25) is 0 Å². The molecule has 1 N–H and O–H groups in total. The van der Waals surface area contributed by atoms with Gasteiger partial charge >= 0.3 is 0 Å². The van der Waals surface area contributed by atoms with Crippen molar-refractivity contribution >= 4 is 0 Å². The Bertz CT molecular complexity index is 251. The quantitative estimate of drug-likeness (QED) is 0.726. The van der Waals surface area contributed by atoms with E-state index >= 15 is 0 Å². The SMILES string of the molecule is CCOCCNC1CC2CCC1(C)C2(C)C. The first-order chi connectivity index (χ1) is 7.52. The van der Waals surface area contributed by atoms with Crippen molar-refractivity contribution in [2.24, 2.45) is 16.7 Å². The lowest BCUT2D eigenvalue weighted by Gasteiger charge is -2.39. The van der Waals surface area contributed by atoms with Crippen LogP contribution in [0.1, 0.15) is 47.0 Å². The molecule has 2 bridgehead atoms. The Kier molecular flexibility index (Phi) is 3.33. The minimum absolute atomic E-state index is 0.504. The van der Waals surface area contributed by atoms with Crippen LogP contribution in [-0.2, 0) is 4.74 Å². The molecule has 0 radical (unpaired) electrons. The van der Waals surface area contributed by atoms with Crippen LogP contribution >= 0.6 is 0 Å². The summed E-state index contributed by atoms with van der Waals surface area (Å²) in [5.41, 5.74) is 1.03. The molecule has 2 aliphatic rings. The molecule has 0 heterocycles. The molecule has 16 heavy (non-hydrogen) atoms. The molecule has 2 heteroatoms. The molecule has 0 saturated heterocycles. The summed E-state index contributed by atoms with van der Waals surface area (Å²) in [6.45, 7) is 12.2. The molecule has 0 spiro atoms. The summed E-state index contributed by atoms with van der Waals surface area (Å²) in [4.78, 5) is 0. The molecule has 3 unspecified atom stereocenters. The van der Waals surface area contributed by atoms with E-state index < -0.39 is 0 Å². The Labute approximate surface area is 100 Å². The van der Waals surface area contributed by atoms with E-state index in [4.69, 9.17) is 4.74 Å². The minimum atomic E-state index is 0.504. The van der Waals surface area contributed by atoms with Crippen LogP contribution in [0.5, 0.6) is 0 Å². The molecular weight excluding hydrogens is 198 g/mol. The molecule has 0 aromatic carbocycles. The van der Waals surface area contributed by atoms with E-state index in [0.29, 0.717) is 16.9 Å². The molecule has 3 atom stereocenters. The lowest BCUT2D eigenvalue weighted by molar-refractivity contribution is 0.106. The van der Waals surface area contributed by atoms with Crippen LogP contribution in [0.25, 0.3) is 0 Å². The number of hydrogen-bond donors (Lipinski definition) is 1. The fraction of sp³-hybridized carbons (Fsp3) is 1.00. The maximum Gasteiger partial charge on any atom is 0.0590 e. The summed E-state index contributed by atoms with van der Waals surface area (Å²) in [6, 6.07) is 0.710. The summed E-state index contributed by atoms with van der Waals surface area (Å²) in [5.74, 6) is 0.932. The Morgan fingerprint density at radius 2 is 2.06 bits per heavy atom. The van der Waals surface area contributed by atoms with E-state index in [9.17, 15) is 0 Å². The number of hydrogen-bond acceptors (Lipinski definition) is 2. The summed E-state index contributed by atoms with van der Waals surface area (Å²) >= 11 is 0. The van der Waals surface area contributed by atoms with Gasteiger partial charge in [-0.05, 0) is 42.9 Å². The minimum Gasteiger partial charge on any atom is -0.380 e. The van der Waals surface area contributed by atoms with Gasteiger partial charge in [0.25, 0.3) is 0 Å². The van der Waals surface area contributed by atoms with Gasteiger partial charge in [-0.25, -0.2) is 0 Å². The van der Waals surface area contributed by atoms with Gasteiger partial charge in [0, 0.05) is 19.2 Å². The summed E-state index contributed by atoms with van der Waals surface area (Å²) in [5, 5.41) is 3.72. The molecule has 0 amide bonds. The Hall–Kier alpha value is -0.0800. The highest BCUT2D eigenvalue weighted by Crippen LogP contribution is 2.65. The van der Waals surface area contributed by atoms with Gasteiger partial charge in [-0.2, -0.15) is 0 Å². The highest BCUT2D eigenvalue weighted by Gasteiger charge is 2.60. The Balaban J connectivity index is 1.89. The van der Waals surface area contributed by atoms with E-state index in [1.807, 2.05) is 0 Å². The van der Waals surface area contributed by atoms with E-state index in [0.717, 1.165) is 25.7 Å². The predicted octanol–water partition coefficient (Wildman–Crippen LogP) is 2.83. The second kappa shape index (κ2) is 4.30. The fourth-order valence-electron chi connectivity index (χ4n) is 3.96. The summed E-state index contributed by atoms with van der Waals surface area (Å²) in [6.07, 6.45) is 4.21. The standard InChI is InChI=1S/C14H27NO/c1-5-16-9-8-15-12-10-11-6-7-14(12,4)13(11,2)3/h11-12,15H,5-10H2,1-4H3. The molecule has 0 aromatic rings. The van der Waals surface area contributed by atoms with Crippen molar-refractivity contribution in [3.63, 3.8) is 0 Å². The highest BCUT2D eigenvalue weighted by atomic mass is 16.5. The van der Waals surface area contributed by atoms with Gasteiger partial charge in [0.15, 0.2) is 0 Å². The predicted molar refractivity (Wildman–Crippen MR) is 67.5 cm³/mol. The molecule has 2 rings (SSSR count). The summed E-state index contributed by atoms with van der Waals surface area (Å²) < 4.78 is 5.40. The van der Waals surface area contributed by atoms with Gasteiger partial charge in [-0.15, -0.1) is 0 Å². The van der Waals surface area contributed by atoms with Crippen molar-refractivity contribution in [3.8, 4) is 0 Å². The second-order valence-electron chi connectivity index (χ2n) is 6.31. The molecule has 2 fully saturated rings. The summed E-state index contributed by atoms with van der Waals surface area (Å²) in [7, 11) is 0. The van der Waals surface area contributed by atoms with Gasteiger partial charge in [0.1, 0.15) is 0 Å². The molecule has 2 aliphatic carbocycles. The maximum atomic E-state index is 5.40. The maximum absolute atomic E-state index is 5.40.